The molecule has 2 rings (SSSR count). The maximum atomic E-state index is 12.3. The molecule has 1 fully saturated rings. The number of hydrogen-bond donors (Lipinski definition) is 1. The Balaban J connectivity index is 2.18. The number of nitrogens with zero attached hydrogens (tertiary/aromatic N) is 1. The molecule has 0 radical (unpaired) electrons. The third kappa shape index (κ3) is 3.43. The molecule has 1 heterocycles. The second-order valence-electron chi connectivity index (χ2n) is 4.89. The molecule has 1 aromatic carbocycles. The SMILES string of the molecule is Nc1ccc(Cl)c(S(=O)(=O)CC(=O)N2CCCCC2)c1. The van der Waals surface area contributed by atoms with E-state index in [-0.39, 0.29) is 15.8 Å². The molecule has 1 amide bonds. The minimum Gasteiger partial charge on any atom is -0.399 e. The molecule has 1 aliphatic rings. The first-order chi connectivity index (χ1) is 9.40. The van der Waals surface area contributed by atoms with Gasteiger partial charge < -0.3 is 10.6 Å². The van der Waals surface area contributed by atoms with Gasteiger partial charge in [0.15, 0.2) is 9.84 Å². The lowest BCUT2D eigenvalue weighted by molar-refractivity contribution is -0.129. The number of sulfone groups is 1. The summed E-state index contributed by atoms with van der Waals surface area (Å²) in [4.78, 5) is 13.6. The highest BCUT2D eigenvalue weighted by atomic mass is 35.5. The zero-order chi connectivity index (χ0) is 14.8. The van der Waals surface area contributed by atoms with Crippen LogP contribution in [0.4, 0.5) is 5.69 Å². The quantitative estimate of drug-likeness (QED) is 0.861. The van der Waals surface area contributed by atoms with Crippen LogP contribution in [-0.4, -0.2) is 38.1 Å². The molecule has 0 bridgehead atoms. The monoisotopic (exact) mass is 316 g/mol. The predicted octanol–water partition coefficient (Wildman–Crippen LogP) is 1.71. The van der Waals surface area contributed by atoms with Gasteiger partial charge in [0.25, 0.3) is 0 Å². The number of benzene rings is 1. The first-order valence-corrected chi connectivity index (χ1v) is 8.49. The fraction of sp³-hybridized carbons (Fsp3) is 0.462. The molecule has 5 nitrogen and oxygen atoms in total. The lowest BCUT2D eigenvalue weighted by atomic mass is 10.1. The van der Waals surface area contributed by atoms with Crippen LogP contribution in [0.2, 0.25) is 5.02 Å². The Morgan fingerprint density at radius 2 is 1.90 bits per heavy atom. The van der Waals surface area contributed by atoms with Gasteiger partial charge in [-0.25, -0.2) is 8.42 Å². The van der Waals surface area contributed by atoms with E-state index in [0.29, 0.717) is 18.8 Å². The van der Waals surface area contributed by atoms with Gasteiger partial charge in [0.2, 0.25) is 5.91 Å². The Hall–Kier alpha value is -1.27. The Morgan fingerprint density at radius 3 is 2.55 bits per heavy atom. The maximum absolute atomic E-state index is 12.3. The van der Waals surface area contributed by atoms with E-state index in [1.807, 2.05) is 0 Å². The zero-order valence-corrected chi connectivity index (χ0v) is 12.6. The van der Waals surface area contributed by atoms with Crippen LogP contribution < -0.4 is 5.73 Å². The van der Waals surface area contributed by atoms with Crippen LogP contribution in [0.5, 0.6) is 0 Å². The molecule has 1 aliphatic heterocycles. The van der Waals surface area contributed by atoms with Gasteiger partial charge in [0, 0.05) is 18.8 Å². The number of anilines is 1. The normalized spacial score (nSPS) is 16.1. The van der Waals surface area contributed by atoms with Crippen molar-refractivity contribution in [3.8, 4) is 0 Å². The molecule has 7 heteroatoms. The summed E-state index contributed by atoms with van der Waals surface area (Å²) >= 11 is 5.89. The molecule has 0 aromatic heterocycles. The van der Waals surface area contributed by atoms with Gasteiger partial charge in [-0.1, -0.05) is 11.6 Å². The van der Waals surface area contributed by atoms with E-state index in [9.17, 15) is 13.2 Å². The highest BCUT2D eigenvalue weighted by Crippen LogP contribution is 2.25. The van der Waals surface area contributed by atoms with E-state index in [0.717, 1.165) is 19.3 Å². The number of rotatable bonds is 3. The summed E-state index contributed by atoms with van der Waals surface area (Å²) in [5.41, 5.74) is 5.88. The van der Waals surface area contributed by atoms with Gasteiger partial charge in [-0.05, 0) is 37.5 Å². The summed E-state index contributed by atoms with van der Waals surface area (Å²) in [6, 6.07) is 4.24. The number of carbonyl (C=O) groups excluding carboxylic acids is 1. The first-order valence-electron chi connectivity index (χ1n) is 6.46. The van der Waals surface area contributed by atoms with Crippen LogP contribution in [0.25, 0.3) is 0 Å². The fourth-order valence-electron chi connectivity index (χ4n) is 2.23. The minimum absolute atomic E-state index is 0.0791. The fourth-order valence-corrected chi connectivity index (χ4v) is 4.05. The Labute approximate surface area is 123 Å². The minimum atomic E-state index is -3.77. The predicted molar refractivity (Wildman–Crippen MR) is 78.3 cm³/mol. The number of amides is 1. The lowest BCUT2D eigenvalue weighted by Crippen LogP contribution is -2.39. The molecule has 1 saturated heterocycles. The van der Waals surface area contributed by atoms with E-state index >= 15 is 0 Å². The van der Waals surface area contributed by atoms with Gasteiger partial charge in [-0.15, -0.1) is 0 Å². The van der Waals surface area contributed by atoms with Gasteiger partial charge >= 0.3 is 0 Å². The number of nitrogens with two attached hydrogens (primary N) is 1. The standard InChI is InChI=1S/C13H17ClN2O3S/c14-11-5-4-10(15)8-12(11)20(18,19)9-13(17)16-6-2-1-3-7-16/h4-5,8H,1-3,6-7,9,15H2. The van der Waals surface area contributed by atoms with Crippen molar-refractivity contribution in [3.05, 3.63) is 23.2 Å². The largest absolute Gasteiger partial charge is 0.399 e. The lowest BCUT2D eigenvalue weighted by Gasteiger charge is -2.26. The van der Waals surface area contributed by atoms with Crippen molar-refractivity contribution < 1.29 is 13.2 Å². The van der Waals surface area contributed by atoms with E-state index in [4.69, 9.17) is 17.3 Å². The molecule has 0 unspecified atom stereocenters. The molecule has 110 valence electrons. The van der Waals surface area contributed by atoms with Gasteiger partial charge in [-0.3, -0.25) is 4.79 Å². The smallest absolute Gasteiger partial charge is 0.238 e. The summed E-state index contributed by atoms with van der Waals surface area (Å²) in [5.74, 6) is -0.931. The molecule has 2 N–H and O–H groups in total. The Kier molecular flexibility index (Phi) is 4.55. The van der Waals surface area contributed by atoms with E-state index in [1.54, 1.807) is 4.90 Å². The van der Waals surface area contributed by atoms with Crippen LogP contribution in [0.3, 0.4) is 0 Å². The van der Waals surface area contributed by atoms with Crippen molar-refractivity contribution in [3.63, 3.8) is 0 Å². The maximum Gasteiger partial charge on any atom is 0.238 e. The van der Waals surface area contributed by atoms with Crippen molar-refractivity contribution in [1.82, 2.24) is 4.90 Å². The molecule has 0 aliphatic carbocycles. The van der Waals surface area contributed by atoms with Crippen molar-refractivity contribution in [1.29, 1.82) is 0 Å². The van der Waals surface area contributed by atoms with Crippen LogP contribution in [0, 0.1) is 0 Å². The number of halogens is 1. The molecule has 0 saturated carbocycles. The third-order valence-corrected chi connectivity index (χ3v) is 5.39. The topological polar surface area (TPSA) is 80.5 Å². The van der Waals surface area contributed by atoms with Crippen molar-refractivity contribution >= 4 is 33.0 Å². The molecule has 0 atom stereocenters. The number of nitrogen functional groups attached to an aromatic ring is 1. The number of likely N-dealkylation sites (tertiary alicyclic amines) is 1. The van der Waals surface area contributed by atoms with Crippen LogP contribution >= 0.6 is 11.6 Å². The zero-order valence-electron chi connectivity index (χ0n) is 11.0. The molecule has 0 spiro atoms. The molecule has 1 aromatic rings. The van der Waals surface area contributed by atoms with E-state index < -0.39 is 15.6 Å². The Morgan fingerprint density at radius 1 is 1.25 bits per heavy atom. The van der Waals surface area contributed by atoms with Gasteiger partial charge in [-0.2, -0.15) is 0 Å². The second-order valence-corrected chi connectivity index (χ2v) is 7.26. The van der Waals surface area contributed by atoms with Crippen molar-refractivity contribution in [2.75, 3.05) is 24.6 Å². The average molecular weight is 317 g/mol. The third-order valence-electron chi connectivity index (χ3n) is 3.31. The van der Waals surface area contributed by atoms with Crippen LogP contribution in [0.1, 0.15) is 19.3 Å². The first kappa shape index (κ1) is 15.1. The molecule has 20 heavy (non-hydrogen) atoms. The number of hydrogen-bond acceptors (Lipinski definition) is 4. The summed E-state index contributed by atoms with van der Waals surface area (Å²) < 4.78 is 24.5. The summed E-state index contributed by atoms with van der Waals surface area (Å²) in [6.07, 6.45) is 2.92. The molecular formula is C13H17ClN2O3S. The van der Waals surface area contributed by atoms with Crippen LogP contribution in [0.15, 0.2) is 23.1 Å². The highest BCUT2D eigenvalue weighted by molar-refractivity contribution is 7.92. The summed E-state index contributed by atoms with van der Waals surface area (Å²) in [7, 11) is -3.77. The number of piperidine rings is 1. The Bertz CT molecular complexity index is 610. The van der Waals surface area contributed by atoms with E-state index in [2.05, 4.69) is 0 Å². The molecular weight excluding hydrogens is 300 g/mol. The average Bonchev–Trinajstić information content (AvgIpc) is 2.42. The summed E-state index contributed by atoms with van der Waals surface area (Å²) in [5, 5.41) is 0.0886. The van der Waals surface area contributed by atoms with Crippen LogP contribution in [-0.2, 0) is 14.6 Å². The van der Waals surface area contributed by atoms with Gasteiger partial charge in [0.05, 0.1) is 9.92 Å². The van der Waals surface area contributed by atoms with Crippen molar-refractivity contribution in [2.24, 2.45) is 0 Å². The van der Waals surface area contributed by atoms with Crippen molar-refractivity contribution in [2.45, 2.75) is 24.2 Å². The summed E-state index contributed by atoms with van der Waals surface area (Å²) in [6.45, 7) is 1.25. The highest BCUT2D eigenvalue weighted by Gasteiger charge is 2.26. The van der Waals surface area contributed by atoms with Gasteiger partial charge in [0.1, 0.15) is 5.75 Å². The van der Waals surface area contributed by atoms with E-state index in [1.165, 1.54) is 18.2 Å². The number of carbonyl (C=O) groups is 1. The second kappa shape index (κ2) is 6.01.